The third-order valence-electron chi connectivity index (χ3n) is 5.97. The molecule has 1 unspecified atom stereocenters. The van der Waals surface area contributed by atoms with Gasteiger partial charge in [-0.15, -0.1) is 0 Å². The molecule has 170 valence electrons. The molecule has 1 aliphatic carbocycles. The van der Waals surface area contributed by atoms with E-state index in [9.17, 15) is 14.7 Å². The van der Waals surface area contributed by atoms with Crippen LogP contribution < -0.4 is 15.4 Å². The van der Waals surface area contributed by atoms with Crippen molar-refractivity contribution in [1.29, 1.82) is 0 Å². The summed E-state index contributed by atoms with van der Waals surface area (Å²) in [5.74, 6) is 0.340. The molecule has 2 aliphatic rings. The summed E-state index contributed by atoms with van der Waals surface area (Å²) in [7, 11) is 0. The van der Waals surface area contributed by atoms with Gasteiger partial charge in [-0.3, -0.25) is 0 Å². The molecule has 0 saturated heterocycles. The van der Waals surface area contributed by atoms with Crippen molar-refractivity contribution < 1.29 is 24.2 Å². The summed E-state index contributed by atoms with van der Waals surface area (Å²) in [5.41, 5.74) is 1.54. The van der Waals surface area contributed by atoms with Gasteiger partial charge in [-0.05, 0) is 49.3 Å². The Morgan fingerprint density at radius 2 is 1.97 bits per heavy atom. The maximum atomic E-state index is 13.1. The minimum absolute atomic E-state index is 0.0191. The molecular weight excluding hydrogens is 396 g/mol. The SMILES string of the molecule is CCCCOc1ccc(C2NC(=O)NC(CC)=C2C(=O)OCC2CCCCC2)cc1O. The fourth-order valence-corrected chi connectivity index (χ4v) is 4.18. The van der Waals surface area contributed by atoms with Crippen LogP contribution in [0.25, 0.3) is 0 Å². The molecule has 1 aliphatic heterocycles. The number of aromatic hydroxyl groups is 1. The van der Waals surface area contributed by atoms with E-state index in [4.69, 9.17) is 9.47 Å². The fraction of sp³-hybridized carbons (Fsp3) is 0.583. The topological polar surface area (TPSA) is 96.9 Å². The zero-order valence-electron chi connectivity index (χ0n) is 18.5. The van der Waals surface area contributed by atoms with E-state index in [2.05, 4.69) is 17.6 Å². The first-order chi connectivity index (χ1) is 15.0. The summed E-state index contributed by atoms with van der Waals surface area (Å²) in [6.45, 7) is 4.87. The van der Waals surface area contributed by atoms with Gasteiger partial charge in [0, 0.05) is 5.70 Å². The van der Waals surface area contributed by atoms with Gasteiger partial charge in [-0.1, -0.05) is 45.6 Å². The number of carbonyl (C=O) groups excluding carboxylic acids is 2. The van der Waals surface area contributed by atoms with Crippen molar-refractivity contribution in [3.63, 3.8) is 0 Å². The molecule has 7 nitrogen and oxygen atoms in total. The molecule has 0 aromatic heterocycles. The second-order valence-corrected chi connectivity index (χ2v) is 8.31. The summed E-state index contributed by atoms with van der Waals surface area (Å²) in [6.07, 6.45) is 8.14. The van der Waals surface area contributed by atoms with Crippen LogP contribution in [0.15, 0.2) is 29.5 Å². The van der Waals surface area contributed by atoms with E-state index in [0.717, 1.165) is 25.7 Å². The minimum atomic E-state index is -0.696. The average Bonchev–Trinajstić information content (AvgIpc) is 2.78. The van der Waals surface area contributed by atoms with Crippen LogP contribution in [0.5, 0.6) is 11.5 Å². The molecular formula is C24H34N2O5. The number of allylic oxidation sites excluding steroid dienone is 1. The van der Waals surface area contributed by atoms with E-state index in [1.807, 2.05) is 6.92 Å². The zero-order valence-corrected chi connectivity index (χ0v) is 18.5. The number of urea groups is 1. The highest BCUT2D eigenvalue weighted by Crippen LogP contribution is 2.35. The maximum Gasteiger partial charge on any atom is 0.338 e. The normalized spacial score (nSPS) is 19.5. The number of esters is 1. The van der Waals surface area contributed by atoms with E-state index in [0.29, 0.717) is 48.1 Å². The van der Waals surface area contributed by atoms with Crippen molar-refractivity contribution in [2.45, 2.75) is 71.3 Å². The standard InChI is InChI=1S/C24H34N2O5/c1-3-5-13-30-20-12-11-17(14-19(20)27)22-21(18(4-2)25-24(29)26-22)23(28)31-15-16-9-7-6-8-10-16/h11-12,14,16,22,27H,3-10,13,15H2,1-2H3,(H2,25,26,29). The van der Waals surface area contributed by atoms with Crippen LogP contribution in [0.2, 0.25) is 0 Å². The quantitative estimate of drug-likeness (QED) is 0.389. The first-order valence-corrected chi connectivity index (χ1v) is 11.5. The summed E-state index contributed by atoms with van der Waals surface area (Å²) in [4.78, 5) is 25.3. The second kappa shape index (κ2) is 11.1. The molecule has 1 saturated carbocycles. The highest BCUT2D eigenvalue weighted by Gasteiger charge is 2.34. The van der Waals surface area contributed by atoms with Gasteiger partial charge < -0.3 is 25.2 Å². The summed E-state index contributed by atoms with van der Waals surface area (Å²) < 4.78 is 11.3. The Kier molecular flexibility index (Phi) is 8.20. The number of amides is 2. The number of nitrogens with one attached hydrogen (secondary N) is 2. The highest BCUT2D eigenvalue weighted by atomic mass is 16.5. The van der Waals surface area contributed by atoms with Crippen LogP contribution in [0.3, 0.4) is 0 Å². The third-order valence-corrected chi connectivity index (χ3v) is 5.97. The Balaban J connectivity index is 1.80. The predicted octanol–water partition coefficient (Wildman–Crippen LogP) is 4.71. The van der Waals surface area contributed by atoms with Crippen LogP contribution in [0.4, 0.5) is 4.79 Å². The van der Waals surface area contributed by atoms with Crippen LogP contribution in [0.1, 0.15) is 76.8 Å². The van der Waals surface area contributed by atoms with Crippen LogP contribution >= 0.6 is 0 Å². The molecule has 0 radical (unpaired) electrons. The van der Waals surface area contributed by atoms with E-state index in [-0.39, 0.29) is 11.8 Å². The molecule has 3 N–H and O–H groups in total. The summed E-state index contributed by atoms with van der Waals surface area (Å²) in [6, 6.07) is 3.90. The second-order valence-electron chi connectivity index (χ2n) is 8.31. The van der Waals surface area contributed by atoms with Gasteiger partial charge in [-0.2, -0.15) is 0 Å². The Morgan fingerprint density at radius 1 is 1.19 bits per heavy atom. The van der Waals surface area contributed by atoms with Gasteiger partial charge >= 0.3 is 12.0 Å². The Morgan fingerprint density at radius 3 is 2.65 bits per heavy atom. The first-order valence-electron chi connectivity index (χ1n) is 11.5. The molecule has 1 aromatic rings. The van der Waals surface area contributed by atoms with Gasteiger partial charge in [0.05, 0.1) is 24.8 Å². The third kappa shape index (κ3) is 5.93. The Bertz CT molecular complexity index is 814. The van der Waals surface area contributed by atoms with Crippen molar-refractivity contribution >= 4 is 12.0 Å². The minimum Gasteiger partial charge on any atom is -0.504 e. The lowest BCUT2D eigenvalue weighted by Crippen LogP contribution is -2.46. The number of phenols is 1. The fourth-order valence-electron chi connectivity index (χ4n) is 4.18. The van der Waals surface area contributed by atoms with Gasteiger partial charge in [0.1, 0.15) is 0 Å². The zero-order chi connectivity index (χ0) is 22.2. The monoisotopic (exact) mass is 430 g/mol. The van der Waals surface area contributed by atoms with E-state index in [1.165, 1.54) is 19.3 Å². The molecule has 31 heavy (non-hydrogen) atoms. The number of unbranched alkanes of at least 4 members (excludes halogenated alkanes) is 1. The number of phenolic OH excluding ortho intramolecular Hbond substituents is 1. The molecule has 1 heterocycles. The number of rotatable bonds is 9. The summed E-state index contributed by atoms with van der Waals surface area (Å²) in [5, 5.41) is 16.0. The molecule has 7 heteroatoms. The maximum absolute atomic E-state index is 13.1. The Hall–Kier alpha value is -2.70. The summed E-state index contributed by atoms with van der Waals surface area (Å²) >= 11 is 0. The van der Waals surface area contributed by atoms with E-state index in [1.54, 1.807) is 18.2 Å². The van der Waals surface area contributed by atoms with Gasteiger partial charge in [0.15, 0.2) is 11.5 Å². The van der Waals surface area contributed by atoms with Crippen molar-refractivity contribution in [3.8, 4) is 11.5 Å². The molecule has 0 spiro atoms. The molecule has 3 rings (SSSR count). The smallest absolute Gasteiger partial charge is 0.338 e. The lowest BCUT2D eigenvalue weighted by atomic mass is 9.90. The predicted molar refractivity (Wildman–Crippen MR) is 118 cm³/mol. The Labute approximate surface area is 184 Å². The number of benzene rings is 1. The van der Waals surface area contributed by atoms with Crippen LogP contribution in [0, 0.1) is 5.92 Å². The van der Waals surface area contributed by atoms with E-state index >= 15 is 0 Å². The molecule has 1 atom stereocenters. The van der Waals surface area contributed by atoms with Crippen molar-refractivity contribution in [1.82, 2.24) is 10.6 Å². The van der Waals surface area contributed by atoms with Crippen molar-refractivity contribution in [2.75, 3.05) is 13.2 Å². The lowest BCUT2D eigenvalue weighted by Gasteiger charge is -2.30. The van der Waals surface area contributed by atoms with Crippen molar-refractivity contribution in [3.05, 3.63) is 35.0 Å². The van der Waals surface area contributed by atoms with Crippen LogP contribution in [-0.2, 0) is 9.53 Å². The van der Waals surface area contributed by atoms with Crippen LogP contribution in [-0.4, -0.2) is 30.3 Å². The van der Waals surface area contributed by atoms with Gasteiger partial charge in [-0.25, -0.2) is 9.59 Å². The van der Waals surface area contributed by atoms with E-state index < -0.39 is 12.0 Å². The highest BCUT2D eigenvalue weighted by molar-refractivity contribution is 5.95. The first kappa shape index (κ1) is 23.0. The molecule has 0 bridgehead atoms. The van der Waals surface area contributed by atoms with Gasteiger partial charge in [0.2, 0.25) is 0 Å². The number of hydrogen-bond acceptors (Lipinski definition) is 5. The molecule has 1 aromatic carbocycles. The number of hydrogen-bond donors (Lipinski definition) is 3. The van der Waals surface area contributed by atoms with Gasteiger partial charge in [0.25, 0.3) is 0 Å². The number of carbonyl (C=O) groups is 2. The lowest BCUT2D eigenvalue weighted by molar-refractivity contribution is -0.141. The van der Waals surface area contributed by atoms with Crippen molar-refractivity contribution in [2.24, 2.45) is 5.92 Å². The number of ether oxygens (including phenoxy) is 2. The largest absolute Gasteiger partial charge is 0.504 e. The molecule has 1 fully saturated rings. The average molecular weight is 431 g/mol. The molecule has 2 amide bonds.